The van der Waals surface area contributed by atoms with E-state index in [1.54, 1.807) is 0 Å². The number of benzene rings is 2. The number of H-pyrrole nitrogens is 1. The van der Waals surface area contributed by atoms with Gasteiger partial charge in [0.2, 0.25) is 15.9 Å². The quantitative estimate of drug-likeness (QED) is 0.237. The summed E-state index contributed by atoms with van der Waals surface area (Å²) in [6, 6.07) is 5.83. The molecule has 0 spiro atoms. The molecule has 13 nitrogen and oxygen atoms in total. The number of ether oxygens (including phenoxy) is 1. The van der Waals surface area contributed by atoms with Crippen LogP contribution in [0.15, 0.2) is 53.7 Å². The summed E-state index contributed by atoms with van der Waals surface area (Å²) in [5, 5.41) is 18.7. The molecule has 0 saturated carbocycles. The second-order valence-electron chi connectivity index (χ2n) is 9.22. The number of carbonyl (C=O) groups is 3. The van der Waals surface area contributed by atoms with E-state index in [0.29, 0.717) is 29.5 Å². The summed E-state index contributed by atoms with van der Waals surface area (Å²) in [7, 11) is -2.99. The Morgan fingerprint density at radius 3 is 2.45 bits per heavy atom. The van der Waals surface area contributed by atoms with Gasteiger partial charge in [0.25, 0.3) is 5.91 Å². The fourth-order valence-electron chi connectivity index (χ4n) is 4.58. The van der Waals surface area contributed by atoms with Gasteiger partial charge in [-0.15, -0.1) is 0 Å². The van der Waals surface area contributed by atoms with Gasteiger partial charge in [-0.2, -0.15) is 9.40 Å². The van der Waals surface area contributed by atoms with Gasteiger partial charge >= 0.3 is 5.97 Å². The molecule has 5 N–H and O–H groups in total. The monoisotopic (exact) mass is 600 g/mol. The fraction of sp³-hybridized carbons (Fsp3) is 0.154. The summed E-state index contributed by atoms with van der Waals surface area (Å²) in [5.74, 6) is -4.98. The molecule has 16 heteroatoms. The van der Waals surface area contributed by atoms with Crippen molar-refractivity contribution < 1.29 is 41.4 Å². The molecule has 1 aliphatic heterocycles. The molecule has 0 unspecified atom stereocenters. The molecule has 4 aromatic rings. The molecule has 1 aliphatic rings. The van der Waals surface area contributed by atoms with Crippen LogP contribution in [0.2, 0.25) is 0 Å². The first kappa shape index (κ1) is 28.4. The lowest BCUT2D eigenvalue weighted by molar-refractivity contribution is 0.0696. The molecule has 2 aromatic carbocycles. The lowest BCUT2D eigenvalue weighted by Gasteiger charge is -2.26. The summed E-state index contributed by atoms with van der Waals surface area (Å²) in [6.07, 6.45) is 2.87. The largest absolute Gasteiger partial charge is 0.495 e. The van der Waals surface area contributed by atoms with Gasteiger partial charge in [-0.1, -0.05) is 0 Å². The topological polar surface area (TPSA) is 190 Å². The summed E-state index contributed by atoms with van der Waals surface area (Å²) < 4.78 is 61.5. The number of fused-ring (bicyclic) bond motifs is 1. The third-order valence-electron chi connectivity index (χ3n) is 6.65. The van der Waals surface area contributed by atoms with Crippen LogP contribution in [0, 0.1) is 11.6 Å². The van der Waals surface area contributed by atoms with Crippen molar-refractivity contribution in [1.29, 1.82) is 0 Å². The minimum atomic E-state index is -4.31. The van der Waals surface area contributed by atoms with Gasteiger partial charge in [0.1, 0.15) is 17.4 Å². The maximum Gasteiger partial charge on any atom is 0.337 e. The van der Waals surface area contributed by atoms with Crippen LogP contribution in [-0.2, 0) is 23.0 Å². The number of nitrogens with zero attached hydrogens (tertiary/aromatic N) is 3. The van der Waals surface area contributed by atoms with E-state index >= 15 is 0 Å². The van der Waals surface area contributed by atoms with Crippen molar-refractivity contribution in [2.24, 2.45) is 5.73 Å². The predicted octanol–water partition coefficient (Wildman–Crippen LogP) is 2.28. The van der Waals surface area contributed by atoms with Gasteiger partial charge in [-0.05, 0) is 30.3 Å². The van der Waals surface area contributed by atoms with E-state index in [9.17, 15) is 36.7 Å². The number of amides is 2. The highest BCUT2D eigenvalue weighted by molar-refractivity contribution is 7.89. The summed E-state index contributed by atoms with van der Waals surface area (Å²) in [5.41, 5.74) is 6.15. The van der Waals surface area contributed by atoms with Crippen LogP contribution in [0.25, 0.3) is 5.69 Å². The zero-order valence-corrected chi connectivity index (χ0v) is 22.5. The van der Waals surface area contributed by atoms with Gasteiger partial charge < -0.3 is 25.5 Å². The third kappa shape index (κ3) is 5.19. The number of carbonyl (C=O) groups excluding carboxylic acids is 2. The fourth-order valence-corrected chi connectivity index (χ4v) is 6.03. The number of rotatable bonds is 8. The molecule has 0 fully saturated rings. The zero-order valence-electron chi connectivity index (χ0n) is 21.7. The highest BCUT2D eigenvalue weighted by Crippen LogP contribution is 2.31. The van der Waals surface area contributed by atoms with Crippen molar-refractivity contribution in [3.8, 4) is 11.4 Å². The van der Waals surface area contributed by atoms with E-state index in [-0.39, 0.29) is 53.5 Å². The SMILES string of the molecule is COc1cc(C(N)=O)c(C(=O)Nc2n[nH]c3c2CN(S(=O)(=O)c2cc(F)cc(F)c2)CC3)cc1-n1ccc(C(=O)O)c1. The number of carboxylic acids is 1. The molecule has 3 heterocycles. The number of methoxy groups -OCH3 is 1. The molecule has 0 aliphatic carbocycles. The molecule has 42 heavy (non-hydrogen) atoms. The number of carboxylic acid groups (broad SMARTS) is 1. The number of nitrogens with two attached hydrogens (primary N) is 1. The average Bonchev–Trinajstić information content (AvgIpc) is 3.59. The Bertz CT molecular complexity index is 1850. The van der Waals surface area contributed by atoms with E-state index in [4.69, 9.17) is 10.5 Å². The van der Waals surface area contributed by atoms with Crippen LogP contribution in [0.5, 0.6) is 5.75 Å². The number of aromatic amines is 1. The first-order valence-electron chi connectivity index (χ1n) is 12.2. The van der Waals surface area contributed by atoms with Crippen molar-refractivity contribution >= 4 is 33.6 Å². The molecular weight excluding hydrogens is 578 g/mol. The van der Waals surface area contributed by atoms with E-state index in [1.165, 1.54) is 42.3 Å². The smallest absolute Gasteiger partial charge is 0.337 e. The summed E-state index contributed by atoms with van der Waals surface area (Å²) in [4.78, 5) is 36.5. The van der Waals surface area contributed by atoms with Crippen LogP contribution >= 0.6 is 0 Å². The number of hydrogen-bond donors (Lipinski definition) is 4. The van der Waals surface area contributed by atoms with Crippen LogP contribution in [-0.4, -0.2) is 64.0 Å². The first-order valence-corrected chi connectivity index (χ1v) is 13.6. The molecule has 2 aromatic heterocycles. The minimum absolute atomic E-state index is 0.0219. The second kappa shape index (κ2) is 10.7. The van der Waals surface area contributed by atoms with Crippen molar-refractivity contribution in [2.75, 3.05) is 19.0 Å². The Labute approximate surface area is 236 Å². The number of hydrogen-bond acceptors (Lipinski definition) is 7. The molecular formula is C26H22F2N6O7S. The number of sulfonamides is 1. The molecule has 2 amide bonds. The van der Waals surface area contributed by atoms with Crippen molar-refractivity contribution in [3.63, 3.8) is 0 Å². The maximum atomic E-state index is 13.7. The van der Waals surface area contributed by atoms with Crippen molar-refractivity contribution in [3.05, 3.63) is 88.4 Å². The van der Waals surface area contributed by atoms with E-state index in [0.717, 1.165) is 4.31 Å². The Morgan fingerprint density at radius 1 is 1.12 bits per heavy atom. The van der Waals surface area contributed by atoms with Crippen LogP contribution in [0.3, 0.4) is 0 Å². The highest BCUT2D eigenvalue weighted by atomic mass is 32.2. The van der Waals surface area contributed by atoms with Gasteiger partial charge in [-0.25, -0.2) is 22.0 Å². The number of nitrogens with one attached hydrogen (secondary N) is 2. The molecule has 0 saturated heterocycles. The summed E-state index contributed by atoms with van der Waals surface area (Å²) >= 11 is 0. The molecule has 0 bridgehead atoms. The minimum Gasteiger partial charge on any atom is -0.495 e. The van der Waals surface area contributed by atoms with Gasteiger partial charge in [0, 0.05) is 49.2 Å². The number of halogens is 2. The number of anilines is 1. The van der Waals surface area contributed by atoms with Crippen LogP contribution in [0.4, 0.5) is 14.6 Å². The normalized spacial score (nSPS) is 13.4. The van der Waals surface area contributed by atoms with Gasteiger partial charge in [0.15, 0.2) is 5.82 Å². The average molecular weight is 601 g/mol. The van der Waals surface area contributed by atoms with Gasteiger partial charge in [-0.3, -0.25) is 14.7 Å². The second-order valence-corrected chi connectivity index (χ2v) is 11.2. The number of aromatic carboxylic acids is 1. The Kier molecular flexibility index (Phi) is 7.26. The zero-order chi connectivity index (χ0) is 30.3. The molecule has 0 atom stereocenters. The maximum absolute atomic E-state index is 13.7. The van der Waals surface area contributed by atoms with E-state index < -0.39 is 44.3 Å². The number of aromatic nitrogens is 3. The molecule has 0 radical (unpaired) electrons. The predicted molar refractivity (Wildman–Crippen MR) is 142 cm³/mol. The van der Waals surface area contributed by atoms with E-state index in [1.807, 2.05) is 0 Å². The molecule has 218 valence electrons. The van der Waals surface area contributed by atoms with E-state index in [2.05, 4.69) is 15.5 Å². The van der Waals surface area contributed by atoms with Gasteiger partial charge in [0.05, 0.1) is 34.4 Å². The van der Waals surface area contributed by atoms with Crippen LogP contribution in [0.1, 0.15) is 42.3 Å². The first-order chi connectivity index (χ1) is 19.9. The molecule has 5 rings (SSSR count). The Balaban J connectivity index is 1.48. The highest BCUT2D eigenvalue weighted by Gasteiger charge is 2.32. The lowest BCUT2D eigenvalue weighted by atomic mass is 10.0. The number of primary amides is 1. The lowest BCUT2D eigenvalue weighted by Crippen LogP contribution is -2.36. The Hall–Kier alpha value is -5.09. The third-order valence-corrected chi connectivity index (χ3v) is 8.47. The van der Waals surface area contributed by atoms with Crippen LogP contribution < -0.4 is 15.8 Å². The Morgan fingerprint density at radius 2 is 1.83 bits per heavy atom. The standard InChI is InChI=1S/C26H22F2N6O7S/c1-41-22-10-17(23(29)35)18(9-21(22)33-4-2-13(11-33)26(37)38)25(36)30-24-19-12-34(5-3-20(19)31-32-24)42(39,40)16-7-14(27)6-15(28)8-16/h2,4,6-11H,3,5,12H2,1H3,(H2,29,35)(H,37,38)(H2,30,31,32,36). The van der Waals surface area contributed by atoms with Crippen molar-refractivity contribution in [1.82, 2.24) is 19.1 Å². The summed E-state index contributed by atoms with van der Waals surface area (Å²) in [6.45, 7) is -0.300. The van der Waals surface area contributed by atoms with Crippen molar-refractivity contribution in [2.45, 2.75) is 17.9 Å².